The number of alkyl halides is 3. The number of fused-ring (bicyclic) bond motifs is 3. The Balaban J connectivity index is 0.000000159. The third-order valence-electron chi connectivity index (χ3n) is 11.7. The van der Waals surface area contributed by atoms with Crippen LogP contribution in [0.15, 0.2) is 210 Å². The molecule has 0 aliphatic rings. The largest absolute Gasteiger partial charge is 0.534 e. The normalized spacial score (nSPS) is 11.1. The van der Waals surface area contributed by atoms with Crippen LogP contribution in [0.2, 0.25) is 0 Å². The number of ether oxygens (including phenoxy) is 1. The van der Waals surface area contributed by atoms with E-state index in [9.17, 15) is 45.9 Å². The van der Waals surface area contributed by atoms with Gasteiger partial charge in [0.25, 0.3) is 11.1 Å². The van der Waals surface area contributed by atoms with Gasteiger partial charge in [-0.15, -0.1) is 14.2 Å². The first-order chi connectivity index (χ1) is 40.6. The first kappa shape index (κ1) is 57.6. The molecular formula is C57H44F3N11O12S. The van der Waals surface area contributed by atoms with Crippen LogP contribution < -0.4 is 40.8 Å². The summed E-state index contributed by atoms with van der Waals surface area (Å²) in [6, 6.07) is 45.9. The van der Waals surface area contributed by atoms with Gasteiger partial charge < -0.3 is 33.9 Å². The van der Waals surface area contributed by atoms with Crippen molar-refractivity contribution in [2.24, 2.45) is 0 Å². The molecule has 0 radical (unpaired) electrons. The van der Waals surface area contributed by atoms with Crippen LogP contribution in [0.25, 0.3) is 33.1 Å². The molecule has 6 heterocycles. The number of aromatic nitrogens is 10. The molecule has 0 aliphatic carbocycles. The van der Waals surface area contributed by atoms with Gasteiger partial charge in [-0.1, -0.05) is 133 Å². The molecule has 27 heteroatoms. The number of hydrogen-bond donors (Lipinski definition) is 2. The van der Waals surface area contributed by atoms with E-state index < -0.39 is 44.2 Å². The summed E-state index contributed by atoms with van der Waals surface area (Å²) < 4.78 is 72.5. The van der Waals surface area contributed by atoms with E-state index in [-0.39, 0.29) is 48.9 Å². The minimum absolute atomic E-state index is 0.0408. The lowest BCUT2D eigenvalue weighted by Crippen LogP contribution is -2.31. The monoisotopic (exact) mass is 1160 g/mol. The summed E-state index contributed by atoms with van der Waals surface area (Å²) in [5, 5.41) is 13.5. The van der Waals surface area contributed by atoms with Crippen molar-refractivity contribution in [3.63, 3.8) is 0 Å². The molecular weight excluding hydrogens is 1120 g/mol. The third-order valence-corrected chi connectivity index (χ3v) is 12.7. The summed E-state index contributed by atoms with van der Waals surface area (Å²) >= 11 is 0. The molecule has 0 bridgehead atoms. The zero-order chi connectivity index (χ0) is 59.1. The molecule has 0 aliphatic heterocycles. The minimum atomic E-state index is -5.97. The highest BCUT2D eigenvalue weighted by molar-refractivity contribution is 7.88. The first-order valence-corrected chi connectivity index (χ1v) is 26.2. The van der Waals surface area contributed by atoms with Crippen LogP contribution in [-0.4, -0.2) is 74.1 Å². The number of pyridine rings is 2. The molecule has 0 saturated carbocycles. The Kier molecular flexibility index (Phi) is 18.1. The van der Waals surface area contributed by atoms with Crippen molar-refractivity contribution in [1.29, 1.82) is 0 Å². The highest BCUT2D eigenvalue weighted by atomic mass is 32.2. The fourth-order valence-electron chi connectivity index (χ4n) is 7.60. The molecule has 2 N–H and O–H groups in total. The molecule has 0 unspecified atom stereocenters. The lowest BCUT2D eigenvalue weighted by molar-refractivity contribution is -0.0499. The number of hydrogen-bond acceptors (Lipinski definition) is 20. The van der Waals surface area contributed by atoms with E-state index in [0.29, 0.717) is 46.0 Å². The molecule has 11 aromatic rings. The number of halogens is 3. The van der Waals surface area contributed by atoms with E-state index in [0.717, 1.165) is 55.0 Å². The van der Waals surface area contributed by atoms with Gasteiger partial charge in [0.1, 0.15) is 57.0 Å². The summed E-state index contributed by atoms with van der Waals surface area (Å²) in [6.07, 6.45) is 7.68. The van der Waals surface area contributed by atoms with E-state index in [1.807, 2.05) is 103 Å². The van der Waals surface area contributed by atoms with Crippen molar-refractivity contribution >= 4 is 55.0 Å². The maximum absolute atomic E-state index is 12.7. The summed E-state index contributed by atoms with van der Waals surface area (Å²) in [6.45, 7) is 0.953. The van der Waals surface area contributed by atoms with Crippen molar-refractivity contribution in [3.8, 4) is 11.5 Å². The van der Waals surface area contributed by atoms with Crippen LogP contribution in [0.3, 0.4) is 0 Å². The summed E-state index contributed by atoms with van der Waals surface area (Å²) in [5.74, 6) is -1.07. The Morgan fingerprint density at radius 3 is 1.46 bits per heavy atom. The summed E-state index contributed by atoms with van der Waals surface area (Å²) in [5.41, 5.74) is -2.60. The van der Waals surface area contributed by atoms with E-state index in [1.54, 1.807) is 48.7 Å². The summed E-state index contributed by atoms with van der Waals surface area (Å²) in [7, 11) is -5.97. The second kappa shape index (κ2) is 26.5. The first-order valence-electron chi connectivity index (χ1n) is 24.8. The molecule has 0 amide bonds. The number of rotatable bonds is 17. The van der Waals surface area contributed by atoms with Crippen molar-refractivity contribution in [2.45, 2.75) is 38.5 Å². The van der Waals surface area contributed by atoms with Crippen LogP contribution in [0.4, 0.5) is 19.0 Å². The Hall–Kier alpha value is -11.1. The number of carbonyl (C=O) groups is 1. The van der Waals surface area contributed by atoms with E-state index >= 15 is 0 Å². The molecule has 5 aromatic carbocycles. The molecule has 0 spiro atoms. The number of aromatic hydroxyl groups is 1. The van der Waals surface area contributed by atoms with E-state index in [4.69, 9.17) is 19.2 Å². The zero-order valence-corrected chi connectivity index (χ0v) is 44.3. The van der Waals surface area contributed by atoms with Crippen LogP contribution >= 0.6 is 0 Å². The van der Waals surface area contributed by atoms with Gasteiger partial charge in [-0.05, 0) is 39.9 Å². The number of benzene rings is 5. The van der Waals surface area contributed by atoms with Crippen LogP contribution in [0.1, 0.15) is 38.2 Å². The lowest BCUT2D eigenvalue weighted by atomic mass is 10.1. The highest BCUT2D eigenvalue weighted by Crippen LogP contribution is 2.30. The maximum atomic E-state index is 12.7. The molecule has 11 rings (SSSR count). The summed E-state index contributed by atoms with van der Waals surface area (Å²) in [4.78, 5) is 93.5. The Bertz CT molecular complexity index is 4360. The SMILES string of the molecule is O=C(OCc1ccccc1)c1ccc(CNc2nc(=O)n(OCc3ccccc3)c3ncncc23)cc1.O=c1cc(O)c2cncnc2n1OCc1ccccc1.O=c1cc(OS(=O)(=O)C(F)(F)F)c2cncnc2n1OCc1ccccc1. The Morgan fingerprint density at radius 1 is 0.536 bits per heavy atom. The fourth-order valence-corrected chi connectivity index (χ4v) is 8.07. The van der Waals surface area contributed by atoms with Crippen molar-refractivity contribution in [1.82, 2.24) is 49.1 Å². The standard InChI is InChI=1S/C28H23N5O4.C15H10F3N3O5S.C14H11N3O3/c34-27(36-17-21-7-3-1-4-8-21)23-13-11-20(12-14-23)15-30-25-24-16-29-19-31-26(24)33(28(35)32-25)37-18-22-9-5-2-6-10-22;16-15(17,18)27(23,24)26-12-6-13(22)21(14-11(12)7-19-9-20-14)25-8-10-4-2-1-3-5-10;18-12-6-13(19)17(14-11(12)7-15-9-16-14)20-8-10-4-2-1-3-5-10/h1-14,16,19H,15,17-18H2,(H,30,32,35);1-7,9H,8H2;1-7,9,18H,8H2. The van der Waals surface area contributed by atoms with Crippen molar-refractivity contribution < 1.29 is 54.9 Å². The van der Waals surface area contributed by atoms with E-state index in [2.05, 4.69) is 44.4 Å². The van der Waals surface area contributed by atoms with Gasteiger partial charge in [0, 0.05) is 31.2 Å². The second-order valence-corrected chi connectivity index (χ2v) is 19.0. The molecule has 0 atom stereocenters. The quantitative estimate of drug-likeness (QED) is 0.0554. The van der Waals surface area contributed by atoms with Crippen LogP contribution in [-0.2, 0) is 47.8 Å². The number of nitrogens with one attached hydrogen (secondary N) is 1. The predicted octanol–water partition coefficient (Wildman–Crippen LogP) is 6.56. The van der Waals surface area contributed by atoms with E-state index in [1.165, 1.54) is 18.9 Å². The Labute approximate surface area is 472 Å². The zero-order valence-electron chi connectivity index (χ0n) is 43.5. The Morgan fingerprint density at radius 2 is 0.964 bits per heavy atom. The van der Waals surface area contributed by atoms with Gasteiger partial charge in [0.05, 0.1) is 27.8 Å². The molecule has 0 fully saturated rings. The second-order valence-electron chi connectivity index (χ2n) is 17.5. The van der Waals surface area contributed by atoms with Crippen molar-refractivity contribution in [3.05, 3.63) is 260 Å². The number of esters is 1. The number of anilines is 1. The average molecular weight is 1160 g/mol. The minimum Gasteiger partial charge on any atom is -0.507 e. The van der Waals surface area contributed by atoms with Gasteiger partial charge in [0.2, 0.25) is 0 Å². The number of carbonyl (C=O) groups excluding carboxylic acids is 1. The number of nitrogens with zero attached hydrogens (tertiary/aromatic N) is 10. The average Bonchev–Trinajstić information content (AvgIpc) is 3.30. The molecule has 6 aromatic heterocycles. The molecule has 23 nitrogen and oxygen atoms in total. The van der Waals surface area contributed by atoms with Crippen LogP contribution in [0.5, 0.6) is 11.5 Å². The topological polar surface area (TPSA) is 286 Å². The van der Waals surface area contributed by atoms with Gasteiger partial charge in [-0.3, -0.25) is 9.59 Å². The predicted molar refractivity (Wildman–Crippen MR) is 296 cm³/mol. The fraction of sp³-hybridized carbons (Fsp3) is 0.105. The maximum Gasteiger partial charge on any atom is 0.534 e. The van der Waals surface area contributed by atoms with Gasteiger partial charge in [0.15, 0.2) is 22.7 Å². The van der Waals surface area contributed by atoms with Crippen molar-refractivity contribution in [2.75, 3.05) is 5.32 Å². The lowest BCUT2D eigenvalue weighted by Gasteiger charge is -2.14. The molecule has 426 valence electrons. The third kappa shape index (κ3) is 14.4. The van der Waals surface area contributed by atoms with Gasteiger partial charge in [-0.25, -0.2) is 39.5 Å². The highest BCUT2D eigenvalue weighted by Gasteiger charge is 2.49. The smallest absolute Gasteiger partial charge is 0.507 e. The van der Waals surface area contributed by atoms with Gasteiger partial charge in [-0.2, -0.15) is 26.6 Å². The molecule has 84 heavy (non-hydrogen) atoms. The van der Waals surface area contributed by atoms with Gasteiger partial charge >= 0.3 is 27.3 Å². The van der Waals surface area contributed by atoms with Crippen LogP contribution in [0, 0.1) is 0 Å². The molecule has 0 saturated heterocycles.